The molecule has 158 valence electrons. The van der Waals surface area contributed by atoms with Crippen LogP contribution in [0.4, 0.5) is 13.2 Å². The number of halogens is 3. The molecule has 0 aliphatic heterocycles. The van der Waals surface area contributed by atoms with E-state index in [2.05, 4.69) is 11.7 Å². The molecule has 0 N–H and O–H groups in total. The molecule has 0 aromatic heterocycles. The summed E-state index contributed by atoms with van der Waals surface area (Å²) < 4.78 is 49.3. The molecule has 0 radical (unpaired) electrons. The molecule has 0 spiro atoms. The average Bonchev–Trinajstić information content (AvgIpc) is 2.74. The molecule has 0 aliphatic carbocycles. The van der Waals surface area contributed by atoms with Crippen molar-refractivity contribution in [2.45, 2.75) is 39.2 Å². The molecule has 30 heavy (non-hydrogen) atoms. The van der Waals surface area contributed by atoms with Gasteiger partial charge >= 0.3 is 6.61 Å². The van der Waals surface area contributed by atoms with Gasteiger partial charge in [0.05, 0.1) is 6.61 Å². The Morgan fingerprint density at radius 2 is 1.37 bits per heavy atom. The highest BCUT2D eigenvalue weighted by molar-refractivity contribution is 5.71. The molecule has 0 fully saturated rings. The van der Waals surface area contributed by atoms with Crippen molar-refractivity contribution in [3.8, 4) is 33.8 Å². The normalized spacial score (nSPS) is 11.0. The Kier molecular flexibility index (Phi) is 7.77. The van der Waals surface area contributed by atoms with Crippen LogP contribution in [0, 0.1) is 5.82 Å². The second-order valence-corrected chi connectivity index (χ2v) is 7.03. The SMILES string of the molecule is CCCCCCOc1ccc(-c2ccc(-c3ccc(OC(F)F)cc3)cc2F)cc1. The minimum Gasteiger partial charge on any atom is -0.494 e. The molecule has 0 bridgehead atoms. The number of ether oxygens (including phenoxy) is 2. The second kappa shape index (κ2) is 10.7. The molecule has 3 aromatic carbocycles. The van der Waals surface area contributed by atoms with Gasteiger partial charge in [-0.25, -0.2) is 4.39 Å². The van der Waals surface area contributed by atoms with E-state index in [9.17, 15) is 13.2 Å². The van der Waals surface area contributed by atoms with E-state index in [-0.39, 0.29) is 11.6 Å². The van der Waals surface area contributed by atoms with Crippen molar-refractivity contribution >= 4 is 0 Å². The Hall–Kier alpha value is -2.95. The topological polar surface area (TPSA) is 18.5 Å². The van der Waals surface area contributed by atoms with Crippen LogP contribution in [0.5, 0.6) is 11.5 Å². The van der Waals surface area contributed by atoms with E-state index in [1.165, 1.54) is 31.0 Å². The molecule has 0 saturated heterocycles. The van der Waals surface area contributed by atoms with Gasteiger partial charge in [-0.1, -0.05) is 62.6 Å². The first-order valence-corrected chi connectivity index (χ1v) is 10.1. The largest absolute Gasteiger partial charge is 0.494 e. The van der Waals surface area contributed by atoms with Gasteiger partial charge < -0.3 is 9.47 Å². The van der Waals surface area contributed by atoms with Gasteiger partial charge in [0, 0.05) is 5.56 Å². The number of rotatable bonds is 10. The first kappa shape index (κ1) is 21.8. The lowest BCUT2D eigenvalue weighted by atomic mass is 9.99. The second-order valence-electron chi connectivity index (χ2n) is 7.03. The zero-order valence-corrected chi connectivity index (χ0v) is 16.9. The Labute approximate surface area is 175 Å². The summed E-state index contributed by atoms with van der Waals surface area (Å²) in [7, 11) is 0. The van der Waals surface area contributed by atoms with E-state index < -0.39 is 6.61 Å². The molecule has 0 heterocycles. The van der Waals surface area contributed by atoms with Crippen LogP contribution in [0.2, 0.25) is 0 Å². The highest BCUT2D eigenvalue weighted by Gasteiger charge is 2.09. The molecular formula is C25H25F3O2. The lowest BCUT2D eigenvalue weighted by molar-refractivity contribution is -0.0498. The summed E-state index contributed by atoms with van der Waals surface area (Å²) in [6.07, 6.45) is 4.59. The summed E-state index contributed by atoms with van der Waals surface area (Å²) in [5, 5.41) is 0. The van der Waals surface area contributed by atoms with Crippen LogP contribution in [-0.2, 0) is 0 Å². The minimum atomic E-state index is -2.87. The van der Waals surface area contributed by atoms with Crippen LogP contribution in [0.15, 0.2) is 66.7 Å². The first-order valence-electron chi connectivity index (χ1n) is 10.1. The molecule has 0 saturated carbocycles. The predicted molar refractivity (Wildman–Crippen MR) is 114 cm³/mol. The summed E-state index contributed by atoms with van der Waals surface area (Å²) in [5.41, 5.74) is 2.63. The van der Waals surface area contributed by atoms with E-state index in [4.69, 9.17) is 4.74 Å². The van der Waals surface area contributed by atoms with Crippen LogP contribution in [-0.4, -0.2) is 13.2 Å². The van der Waals surface area contributed by atoms with Crippen molar-refractivity contribution in [3.05, 3.63) is 72.5 Å². The Morgan fingerprint density at radius 1 is 0.733 bits per heavy atom. The van der Waals surface area contributed by atoms with Gasteiger partial charge in [-0.3, -0.25) is 0 Å². The fraction of sp³-hybridized carbons (Fsp3) is 0.280. The molecule has 0 atom stereocenters. The summed E-state index contributed by atoms with van der Waals surface area (Å²) in [6.45, 7) is -0.0125. The highest BCUT2D eigenvalue weighted by Crippen LogP contribution is 2.30. The maximum absolute atomic E-state index is 14.7. The zero-order chi connectivity index (χ0) is 21.3. The smallest absolute Gasteiger partial charge is 0.387 e. The van der Waals surface area contributed by atoms with Crippen LogP contribution in [0.1, 0.15) is 32.6 Å². The number of hydrogen-bond donors (Lipinski definition) is 0. The molecule has 3 aromatic rings. The van der Waals surface area contributed by atoms with Crippen molar-refractivity contribution in [2.24, 2.45) is 0 Å². The van der Waals surface area contributed by atoms with E-state index in [0.29, 0.717) is 23.3 Å². The van der Waals surface area contributed by atoms with E-state index in [1.54, 1.807) is 24.3 Å². The van der Waals surface area contributed by atoms with Gasteiger partial charge in [-0.05, 0) is 53.4 Å². The van der Waals surface area contributed by atoms with Crippen molar-refractivity contribution < 1.29 is 22.6 Å². The Morgan fingerprint density at radius 3 is 2.00 bits per heavy atom. The highest BCUT2D eigenvalue weighted by atomic mass is 19.3. The molecule has 0 amide bonds. The maximum atomic E-state index is 14.7. The Bertz CT molecular complexity index is 922. The number of alkyl halides is 2. The number of hydrogen-bond acceptors (Lipinski definition) is 2. The molecule has 0 unspecified atom stereocenters. The van der Waals surface area contributed by atoms with E-state index in [0.717, 1.165) is 24.2 Å². The quantitative estimate of drug-likeness (QED) is 0.316. The minimum absolute atomic E-state index is 0.0681. The summed E-state index contributed by atoms with van der Waals surface area (Å²) >= 11 is 0. The Balaban J connectivity index is 1.66. The molecule has 2 nitrogen and oxygen atoms in total. The lowest BCUT2D eigenvalue weighted by Crippen LogP contribution is -2.01. The summed E-state index contributed by atoms with van der Waals surface area (Å²) in [5.74, 6) is 0.491. The third-order valence-corrected chi connectivity index (χ3v) is 4.81. The van der Waals surface area contributed by atoms with E-state index >= 15 is 0 Å². The number of benzene rings is 3. The molecule has 5 heteroatoms. The van der Waals surface area contributed by atoms with Crippen LogP contribution < -0.4 is 9.47 Å². The van der Waals surface area contributed by atoms with Gasteiger partial charge in [-0.15, -0.1) is 0 Å². The van der Waals surface area contributed by atoms with E-state index in [1.807, 2.05) is 24.3 Å². The van der Waals surface area contributed by atoms with Crippen LogP contribution in [0.3, 0.4) is 0 Å². The van der Waals surface area contributed by atoms with Crippen molar-refractivity contribution in [3.63, 3.8) is 0 Å². The van der Waals surface area contributed by atoms with Crippen LogP contribution >= 0.6 is 0 Å². The van der Waals surface area contributed by atoms with Crippen LogP contribution in [0.25, 0.3) is 22.3 Å². The lowest BCUT2D eigenvalue weighted by Gasteiger charge is -2.10. The van der Waals surface area contributed by atoms with Crippen molar-refractivity contribution in [1.82, 2.24) is 0 Å². The molecule has 0 aliphatic rings. The molecular weight excluding hydrogens is 389 g/mol. The van der Waals surface area contributed by atoms with Crippen molar-refractivity contribution in [2.75, 3.05) is 6.61 Å². The first-order chi connectivity index (χ1) is 14.6. The average molecular weight is 414 g/mol. The van der Waals surface area contributed by atoms with Gasteiger partial charge in [-0.2, -0.15) is 8.78 Å². The number of unbranched alkanes of at least 4 members (excludes halogenated alkanes) is 3. The fourth-order valence-corrected chi connectivity index (χ4v) is 3.21. The monoisotopic (exact) mass is 414 g/mol. The zero-order valence-electron chi connectivity index (χ0n) is 16.9. The van der Waals surface area contributed by atoms with Gasteiger partial charge in [0.25, 0.3) is 0 Å². The summed E-state index contributed by atoms with van der Waals surface area (Å²) in [4.78, 5) is 0. The van der Waals surface area contributed by atoms with Gasteiger partial charge in [0.1, 0.15) is 17.3 Å². The third kappa shape index (κ3) is 6.02. The van der Waals surface area contributed by atoms with Gasteiger partial charge in [0.15, 0.2) is 0 Å². The fourth-order valence-electron chi connectivity index (χ4n) is 3.21. The molecule has 3 rings (SSSR count). The maximum Gasteiger partial charge on any atom is 0.387 e. The standard InChI is InChI=1S/C25H25F3O2/c1-2-3-4-5-16-29-21-11-8-19(9-12-21)23-15-10-20(17-24(23)26)18-6-13-22(14-7-18)30-25(27)28/h6-15,17,25H,2-5,16H2,1H3. The van der Waals surface area contributed by atoms with Gasteiger partial charge in [0.2, 0.25) is 0 Å². The van der Waals surface area contributed by atoms with Crippen molar-refractivity contribution in [1.29, 1.82) is 0 Å². The summed E-state index contributed by atoms with van der Waals surface area (Å²) in [6, 6.07) is 18.5. The third-order valence-electron chi connectivity index (χ3n) is 4.81. The predicted octanol–water partition coefficient (Wildman–Crippen LogP) is 7.72.